The van der Waals surface area contributed by atoms with E-state index in [1.807, 2.05) is 0 Å². The number of carbonyl (C=O) groups excluding carboxylic acids is 1. The van der Waals surface area contributed by atoms with E-state index < -0.39 is 22.1 Å². The van der Waals surface area contributed by atoms with Gasteiger partial charge in [-0.2, -0.15) is 0 Å². The Hall–Kier alpha value is -2.66. The number of ether oxygens (including phenoxy) is 3. The lowest BCUT2D eigenvalue weighted by molar-refractivity contribution is -0.149. The lowest BCUT2D eigenvalue weighted by atomic mass is 10.3. The second kappa shape index (κ2) is 8.57. The van der Waals surface area contributed by atoms with E-state index in [0.717, 1.165) is 0 Å². The molecule has 3 rings (SSSR count). The maximum absolute atomic E-state index is 12.4. The third-order valence-corrected chi connectivity index (χ3v) is 5.33. The Morgan fingerprint density at radius 1 is 1.25 bits per heavy atom. The van der Waals surface area contributed by atoms with Gasteiger partial charge < -0.3 is 18.6 Å². The molecule has 0 saturated carbocycles. The Labute approximate surface area is 162 Å². The maximum atomic E-state index is 12.4. The van der Waals surface area contributed by atoms with E-state index in [9.17, 15) is 13.2 Å². The molecule has 11 heteroatoms. The highest BCUT2D eigenvalue weighted by molar-refractivity contribution is 7.89. The number of fused-ring (bicyclic) bond motifs is 1. The van der Waals surface area contributed by atoms with Crippen molar-refractivity contribution < 1.29 is 31.8 Å². The Morgan fingerprint density at radius 2 is 2.00 bits per heavy atom. The molecule has 2 heterocycles. The maximum Gasteiger partial charge on any atom is 0.306 e. The van der Waals surface area contributed by atoms with Gasteiger partial charge in [0.25, 0.3) is 5.89 Å². The van der Waals surface area contributed by atoms with Gasteiger partial charge in [-0.15, -0.1) is 10.2 Å². The van der Waals surface area contributed by atoms with Gasteiger partial charge in [0.15, 0.2) is 17.6 Å². The lowest BCUT2D eigenvalue weighted by Gasteiger charge is -2.18. The highest BCUT2D eigenvalue weighted by Crippen LogP contribution is 2.32. The summed E-state index contributed by atoms with van der Waals surface area (Å²) in [5, 5.41) is 7.46. The molecule has 1 aliphatic rings. The van der Waals surface area contributed by atoms with Gasteiger partial charge in [-0.05, 0) is 25.5 Å². The molecular weight excluding hydrogens is 390 g/mol. The second-order valence-electron chi connectivity index (χ2n) is 6.10. The van der Waals surface area contributed by atoms with Gasteiger partial charge >= 0.3 is 5.97 Å². The minimum absolute atomic E-state index is 0.0428. The Morgan fingerprint density at radius 3 is 2.71 bits per heavy atom. The molecule has 2 aromatic rings. The molecule has 0 fully saturated rings. The van der Waals surface area contributed by atoms with Gasteiger partial charge in [-0.1, -0.05) is 0 Å². The van der Waals surface area contributed by atoms with E-state index in [1.165, 1.54) is 12.1 Å². The van der Waals surface area contributed by atoms with Gasteiger partial charge in [0, 0.05) is 26.0 Å². The van der Waals surface area contributed by atoms with E-state index in [-0.39, 0.29) is 30.2 Å². The van der Waals surface area contributed by atoms with Crippen molar-refractivity contribution in [3.8, 4) is 11.5 Å². The third kappa shape index (κ3) is 4.98. The van der Waals surface area contributed by atoms with Crippen LogP contribution in [0.25, 0.3) is 0 Å². The fourth-order valence-electron chi connectivity index (χ4n) is 2.50. The summed E-state index contributed by atoms with van der Waals surface area (Å²) >= 11 is 0. The first-order chi connectivity index (χ1) is 13.3. The number of rotatable bonds is 8. The van der Waals surface area contributed by atoms with Crippen LogP contribution in [0.1, 0.15) is 37.7 Å². The first-order valence-electron chi connectivity index (χ1n) is 8.74. The molecule has 10 nitrogen and oxygen atoms in total. The first-order valence-corrected chi connectivity index (χ1v) is 10.2. The highest BCUT2D eigenvalue weighted by Gasteiger charge is 2.20. The fraction of sp³-hybridized carbons (Fsp3) is 0.471. The summed E-state index contributed by atoms with van der Waals surface area (Å²) in [4.78, 5) is 11.9. The zero-order valence-corrected chi connectivity index (χ0v) is 16.3. The number of esters is 1. The van der Waals surface area contributed by atoms with Crippen molar-refractivity contribution in [2.75, 3.05) is 19.8 Å². The topological polar surface area (TPSA) is 130 Å². The summed E-state index contributed by atoms with van der Waals surface area (Å²) < 4.78 is 48.4. The molecule has 152 valence electrons. The molecule has 1 aromatic carbocycles. The van der Waals surface area contributed by atoms with Crippen LogP contribution in [-0.4, -0.2) is 44.3 Å². The minimum atomic E-state index is -3.73. The van der Waals surface area contributed by atoms with Crippen LogP contribution >= 0.6 is 0 Å². The first kappa shape index (κ1) is 20.1. The number of nitrogens with zero attached hydrogens (tertiary/aromatic N) is 2. The molecule has 1 N–H and O–H groups in total. The number of benzene rings is 1. The smallest absolute Gasteiger partial charge is 0.306 e. The standard InChI is InChI=1S/C17H21N3O7S/c1-11(17-20-19-12(2)27-17)26-16(21)4-3-7-18-28(22,23)13-5-6-14-15(10-13)25-9-8-24-14/h5-6,10-11,18H,3-4,7-9H2,1-2H3. The third-order valence-electron chi connectivity index (χ3n) is 3.87. The number of hydrogen-bond donors (Lipinski definition) is 1. The van der Waals surface area contributed by atoms with Crippen LogP contribution in [0.2, 0.25) is 0 Å². The zero-order chi connectivity index (χ0) is 20.1. The van der Waals surface area contributed by atoms with Crippen molar-refractivity contribution in [3.05, 3.63) is 30.0 Å². The highest BCUT2D eigenvalue weighted by atomic mass is 32.2. The van der Waals surface area contributed by atoms with Crippen molar-refractivity contribution >= 4 is 16.0 Å². The number of aromatic nitrogens is 2. The average molecular weight is 411 g/mol. The lowest BCUT2D eigenvalue weighted by Crippen LogP contribution is -2.26. The van der Waals surface area contributed by atoms with Crippen molar-refractivity contribution in [3.63, 3.8) is 0 Å². The van der Waals surface area contributed by atoms with Crippen molar-refractivity contribution in [2.45, 2.75) is 37.7 Å². The molecule has 0 aliphatic carbocycles. The molecule has 0 saturated heterocycles. The van der Waals surface area contributed by atoms with Crippen LogP contribution in [0.5, 0.6) is 11.5 Å². The van der Waals surface area contributed by atoms with Crippen molar-refractivity contribution in [1.82, 2.24) is 14.9 Å². The van der Waals surface area contributed by atoms with Crippen LogP contribution in [0.3, 0.4) is 0 Å². The van der Waals surface area contributed by atoms with Crippen LogP contribution in [0.15, 0.2) is 27.5 Å². The van der Waals surface area contributed by atoms with Gasteiger partial charge in [-0.25, -0.2) is 13.1 Å². The summed E-state index contributed by atoms with van der Waals surface area (Å²) in [7, 11) is -3.73. The quantitative estimate of drug-likeness (QED) is 0.507. The largest absolute Gasteiger partial charge is 0.486 e. The minimum Gasteiger partial charge on any atom is -0.486 e. The Bertz CT molecular complexity index is 942. The van der Waals surface area contributed by atoms with Gasteiger partial charge in [0.1, 0.15) is 13.2 Å². The van der Waals surface area contributed by atoms with Gasteiger partial charge in [0.05, 0.1) is 4.90 Å². The van der Waals surface area contributed by atoms with E-state index in [2.05, 4.69) is 14.9 Å². The normalized spacial score (nSPS) is 14.5. The van der Waals surface area contributed by atoms with Crippen LogP contribution in [0, 0.1) is 6.92 Å². The van der Waals surface area contributed by atoms with E-state index in [0.29, 0.717) is 30.6 Å². The van der Waals surface area contributed by atoms with Gasteiger partial charge in [-0.3, -0.25) is 4.79 Å². The SMILES string of the molecule is Cc1nnc(C(C)OC(=O)CCCNS(=O)(=O)c2ccc3c(c2)OCCO3)o1. The Balaban J connectivity index is 1.45. The van der Waals surface area contributed by atoms with E-state index in [1.54, 1.807) is 19.9 Å². The number of carbonyl (C=O) groups is 1. The number of nitrogens with one attached hydrogen (secondary N) is 1. The molecule has 1 atom stereocenters. The number of hydrogen-bond acceptors (Lipinski definition) is 9. The molecule has 0 radical (unpaired) electrons. The molecule has 1 aliphatic heterocycles. The average Bonchev–Trinajstić information content (AvgIpc) is 3.11. The van der Waals surface area contributed by atoms with E-state index >= 15 is 0 Å². The summed E-state index contributed by atoms with van der Waals surface area (Å²) in [5.74, 6) is 1.01. The predicted molar refractivity (Wildman–Crippen MR) is 95.4 cm³/mol. The fourth-order valence-corrected chi connectivity index (χ4v) is 3.59. The summed E-state index contributed by atoms with van der Waals surface area (Å²) in [6.07, 6.45) is -0.345. The number of aryl methyl sites for hydroxylation is 1. The molecule has 28 heavy (non-hydrogen) atoms. The molecule has 1 aromatic heterocycles. The van der Waals surface area contributed by atoms with Crippen molar-refractivity contribution in [2.24, 2.45) is 0 Å². The monoisotopic (exact) mass is 411 g/mol. The van der Waals surface area contributed by atoms with Crippen LogP contribution in [-0.2, 0) is 19.6 Å². The molecule has 0 amide bonds. The molecule has 0 bridgehead atoms. The van der Waals surface area contributed by atoms with Gasteiger partial charge in [0.2, 0.25) is 15.9 Å². The summed E-state index contributed by atoms with van der Waals surface area (Å²) in [5.41, 5.74) is 0. The van der Waals surface area contributed by atoms with Crippen LogP contribution in [0.4, 0.5) is 0 Å². The van der Waals surface area contributed by atoms with Crippen LogP contribution < -0.4 is 14.2 Å². The molecule has 1 unspecified atom stereocenters. The van der Waals surface area contributed by atoms with E-state index in [4.69, 9.17) is 18.6 Å². The number of sulfonamides is 1. The predicted octanol–water partition coefficient (Wildman–Crippen LogP) is 1.51. The Kier molecular flexibility index (Phi) is 6.15. The van der Waals surface area contributed by atoms with Crippen molar-refractivity contribution in [1.29, 1.82) is 0 Å². The second-order valence-corrected chi connectivity index (χ2v) is 7.87. The molecular formula is C17H21N3O7S. The zero-order valence-electron chi connectivity index (χ0n) is 15.5. The molecule has 0 spiro atoms. The summed E-state index contributed by atoms with van der Waals surface area (Å²) in [6.45, 7) is 4.14. The summed E-state index contributed by atoms with van der Waals surface area (Å²) in [6, 6.07) is 4.42.